The second kappa shape index (κ2) is 20.9. The van der Waals surface area contributed by atoms with E-state index in [2.05, 4.69) is 31.6 Å². The van der Waals surface area contributed by atoms with Crippen molar-refractivity contribution in [1.29, 1.82) is 0 Å². The topological polar surface area (TPSA) is 311 Å². The van der Waals surface area contributed by atoms with E-state index in [1.165, 1.54) is 26.5 Å². The molecule has 0 spiro atoms. The van der Waals surface area contributed by atoms with E-state index in [1.54, 1.807) is 18.2 Å². The van der Waals surface area contributed by atoms with Crippen molar-refractivity contribution in [2.24, 2.45) is 22.2 Å². The molecule has 5 unspecified atom stereocenters. The number of aliphatic carboxylic acids is 1. The first-order valence-corrected chi connectivity index (χ1v) is 19.2. The van der Waals surface area contributed by atoms with Gasteiger partial charge < -0.3 is 53.8 Å². The Kier molecular flexibility index (Phi) is 16.7. The molecule has 19 nitrogen and oxygen atoms in total. The maximum absolute atomic E-state index is 14.0. The zero-order valence-corrected chi connectivity index (χ0v) is 30.1. The number of carbonyl (C=O) groups is 8. The highest BCUT2D eigenvalue weighted by atomic mass is 33.1. The molecule has 2 fully saturated rings. The number of fused-ring (bicyclic) bond motifs is 1. The number of hydrogen-bond donors (Lipinski definition) is 9. The molecule has 0 aromatic carbocycles. The van der Waals surface area contributed by atoms with Crippen LogP contribution in [0.3, 0.4) is 0 Å². The number of nitrogens with zero attached hydrogens (tertiary/aromatic N) is 2. The van der Waals surface area contributed by atoms with Crippen molar-refractivity contribution in [1.82, 2.24) is 31.5 Å². The van der Waals surface area contributed by atoms with E-state index >= 15 is 0 Å². The third kappa shape index (κ3) is 13.4. The summed E-state index contributed by atoms with van der Waals surface area (Å²) in [6.07, 6.45) is 6.47. The Labute approximate surface area is 307 Å². The van der Waals surface area contributed by atoms with Gasteiger partial charge in [0.15, 0.2) is 5.96 Å². The SMILES string of the molecule is NC(=O)C1CSSCCC(=O)NC(CCCCN=C(N)N)C(=O)NCC(=O)NC(CC(=O)O)C(=O)NC(C2=CCC=C2)C(=O)N2CCCC2C(=O)N1. The van der Waals surface area contributed by atoms with Crippen LogP contribution in [0, 0.1) is 0 Å². The second-order valence-electron chi connectivity index (χ2n) is 12.2. The molecule has 5 atom stereocenters. The van der Waals surface area contributed by atoms with Gasteiger partial charge in [-0.1, -0.05) is 39.8 Å². The van der Waals surface area contributed by atoms with Crippen molar-refractivity contribution in [2.45, 2.75) is 81.6 Å². The molecule has 1 aliphatic carbocycles. The van der Waals surface area contributed by atoms with Crippen molar-refractivity contribution < 1.29 is 43.5 Å². The van der Waals surface area contributed by atoms with Gasteiger partial charge in [-0.05, 0) is 44.1 Å². The van der Waals surface area contributed by atoms with Gasteiger partial charge in [-0.15, -0.1) is 0 Å². The van der Waals surface area contributed by atoms with Crippen LogP contribution in [0.25, 0.3) is 0 Å². The number of amides is 7. The zero-order chi connectivity index (χ0) is 38.2. The number of hydrogen-bond acceptors (Lipinski definition) is 11. The summed E-state index contributed by atoms with van der Waals surface area (Å²) in [5.74, 6) is -6.29. The lowest BCUT2D eigenvalue weighted by Crippen LogP contribution is -2.59. The summed E-state index contributed by atoms with van der Waals surface area (Å²) in [6, 6.07) is -6.12. The predicted molar refractivity (Wildman–Crippen MR) is 193 cm³/mol. The Hall–Kier alpha value is -4.79. The van der Waals surface area contributed by atoms with E-state index < -0.39 is 90.5 Å². The molecule has 0 bridgehead atoms. The smallest absolute Gasteiger partial charge is 0.305 e. The molecular formula is C31H46N10O9S2. The van der Waals surface area contributed by atoms with Gasteiger partial charge in [0.25, 0.3) is 0 Å². The second-order valence-corrected chi connectivity index (χ2v) is 14.8. The number of carboxylic acid groups (broad SMARTS) is 1. The van der Waals surface area contributed by atoms with Gasteiger partial charge in [0.05, 0.1) is 13.0 Å². The average molecular weight is 767 g/mol. The van der Waals surface area contributed by atoms with Crippen LogP contribution in [0.5, 0.6) is 0 Å². The van der Waals surface area contributed by atoms with Gasteiger partial charge in [-0.2, -0.15) is 0 Å². The fourth-order valence-electron chi connectivity index (χ4n) is 5.59. The quantitative estimate of drug-likeness (QED) is 0.0493. The van der Waals surface area contributed by atoms with E-state index in [0.717, 1.165) is 0 Å². The highest BCUT2D eigenvalue weighted by Gasteiger charge is 2.40. The van der Waals surface area contributed by atoms with Crippen molar-refractivity contribution >= 4 is 74.9 Å². The lowest BCUT2D eigenvalue weighted by Gasteiger charge is -2.30. The molecular weight excluding hydrogens is 721 g/mol. The molecule has 0 saturated carbocycles. The maximum Gasteiger partial charge on any atom is 0.305 e. The summed E-state index contributed by atoms with van der Waals surface area (Å²) in [4.78, 5) is 109. The molecule has 0 aromatic rings. The summed E-state index contributed by atoms with van der Waals surface area (Å²) in [7, 11) is 2.45. The minimum Gasteiger partial charge on any atom is -0.481 e. The van der Waals surface area contributed by atoms with Crippen molar-refractivity contribution in [3.05, 3.63) is 23.8 Å². The van der Waals surface area contributed by atoms with E-state index in [9.17, 15) is 43.5 Å². The normalized spacial score (nSPS) is 25.8. The molecule has 0 radical (unpaired) electrons. The summed E-state index contributed by atoms with van der Waals surface area (Å²) in [6.45, 7) is -0.198. The van der Waals surface area contributed by atoms with Crippen LogP contribution in [-0.4, -0.2) is 125 Å². The lowest BCUT2D eigenvalue weighted by atomic mass is 10.0. The Morgan fingerprint density at radius 2 is 1.67 bits per heavy atom. The van der Waals surface area contributed by atoms with Gasteiger partial charge in [-0.3, -0.25) is 43.3 Å². The van der Waals surface area contributed by atoms with Gasteiger partial charge >= 0.3 is 5.97 Å². The number of rotatable bonds is 9. The predicted octanol–water partition coefficient (Wildman–Crippen LogP) is -2.89. The average Bonchev–Trinajstić information content (AvgIpc) is 3.80. The third-order valence-electron chi connectivity index (χ3n) is 8.20. The van der Waals surface area contributed by atoms with Crippen LogP contribution in [-0.2, 0) is 38.4 Å². The number of nitrogens with one attached hydrogen (secondary N) is 5. The molecule has 2 aliphatic heterocycles. The Morgan fingerprint density at radius 3 is 2.35 bits per heavy atom. The third-order valence-corrected chi connectivity index (χ3v) is 10.6. The van der Waals surface area contributed by atoms with E-state index in [4.69, 9.17) is 17.2 Å². The molecule has 286 valence electrons. The zero-order valence-electron chi connectivity index (χ0n) is 28.5. The lowest BCUT2D eigenvalue weighted by molar-refractivity contribution is -0.142. The number of primary amides is 1. The van der Waals surface area contributed by atoms with Crippen LogP contribution in [0.2, 0.25) is 0 Å². The van der Waals surface area contributed by atoms with Crippen LogP contribution >= 0.6 is 21.6 Å². The molecule has 12 N–H and O–H groups in total. The van der Waals surface area contributed by atoms with Crippen molar-refractivity contribution in [3.63, 3.8) is 0 Å². The molecule has 0 aromatic heterocycles. The monoisotopic (exact) mass is 766 g/mol. The van der Waals surface area contributed by atoms with Crippen LogP contribution in [0.1, 0.15) is 51.4 Å². The van der Waals surface area contributed by atoms with Crippen LogP contribution in [0.15, 0.2) is 28.8 Å². The Bertz CT molecular complexity index is 1470. The van der Waals surface area contributed by atoms with Crippen LogP contribution in [0.4, 0.5) is 0 Å². The number of carboxylic acids is 1. The number of guanidine groups is 1. The molecule has 52 heavy (non-hydrogen) atoms. The number of aliphatic imine (C=N–C) groups is 1. The number of allylic oxidation sites excluding steroid dienone is 2. The highest BCUT2D eigenvalue weighted by Crippen LogP contribution is 2.25. The van der Waals surface area contributed by atoms with Crippen molar-refractivity contribution in [2.75, 3.05) is 31.1 Å². The highest BCUT2D eigenvalue weighted by molar-refractivity contribution is 8.76. The first kappa shape index (κ1) is 41.6. The van der Waals surface area contributed by atoms with E-state index in [-0.39, 0.29) is 43.3 Å². The molecule has 21 heteroatoms. The fraction of sp³-hybridized carbons (Fsp3) is 0.581. The minimum atomic E-state index is -1.65. The molecule has 3 aliphatic rings. The number of carbonyl (C=O) groups excluding carboxylic acids is 7. The Morgan fingerprint density at radius 1 is 0.923 bits per heavy atom. The summed E-state index contributed by atoms with van der Waals surface area (Å²) in [5.41, 5.74) is 16.7. The molecule has 2 saturated heterocycles. The molecule has 3 rings (SSSR count). The largest absolute Gasteiger partial charge is 0.481 e. The van der Waals surface area contributed by atoms with Crippen molar-refractivity contribution in [3.8, 4) is 0 Å². The summed E-state index contributed by atoms with van der Waals surface area (Å²) >= 11 is 0. The van der Waals surface area contributed by atoms with Gasteiger partial charge in [0.2, 0.25) is 41.4 Å². The first-order chi connectivity index (χ1) is 24.8. The first-order valence-electron chi connectivity index (χ1n) is 16.7. The number of unbranched alkanes of at least 4 members (excludes halogenated alkanes) is 1. The van der Waals surface area contributed by atoms with E-state index in [1.807, 2.05) is 0 Å². The summed E-state index contributed by atoms with van der Waals surface area (Å²) in [5, 5.41) is 22.1. The molecule has 7 amide bonds. The maximum atomic E-state index is 14.0. The summed E-state index contributed by atoms with van der Waals surface area (Å²) < 4.78 is 0. The van der Waals surface area contributed by atoms with Gasteiger partial charge in [-0.25, -0.2) is 0 Å². The molecule has 2 heterocycles. The van der Waals surface area contributed by atoms with Gasteiger partial charge in [0.1, 0.15) is 30.2 Å². The minimum absolute atomic E-state index is 0.0125. The van der Waals surface area contributed by atoms with Crippen LogP contribution < -0.4 is 43.8 Å². The fourth-order valence-corrected chi connectivity index (χ4v) is 7.75. The van der Waals surface area contributed by atoms with Gasteiger partial charge in [0, 0.05) is 31.0 Å². The standard InChI is InChI=1S/C31H46N10O9S2/c32-26(46)20-16-52-51-13-10-22(42)37-18(8-3-4-11-35-31(33)34)27(47)36-15-23(43)38-19(14-24(44)45)28(48)40-25(17-6-1-2-7-17)30(50)41-12-5-9-21(41)29(49)39-20/h1,6-7,18-21,25H,2-5,8-16H2,(H2,32,46)(H,36,47)(H,37,42)(H,38,43)(H,39,49)(H,40,48)(H,44,45)(H4,33,34,35). The number of nitrogens with two attached hydrogens (primary N) is 3. The Balaban J connectivity index is 1.87. The van der Waals surface area contributed by atoms with E-state index in [0.29, 0.717) is 37.8 Å².